The SMILES string of the molecule is CC(C)(C(=O)NCc1ccc(C(=O)O)cc1)n1cc(Cl)ccc1=O. The van der Waals surface area contributed by atoms with Gasteiger partial charge >= 0.3 is 5.97 Å². The van der Waals surface area contributed by atoms with E-state index >= 15 is 0 Å². The summed E-state index contributed by atoms with van der Waals surface area (Å²) in [5.74, 6) is -1.36. The number of carboxylic acids is 1. The number of pyridine rings is 1. The number of carbonyl (C=O) groups is 2. The highest BCUT2D eigenvalue weighted by molar-refractivity contribution is 6.30. The number of benzene rings is 1. The van der Waals surface area contributed by atoms with Crippen molar-refractivity contribution in [2.24, 2.45) is 0 Å². The van der Waals surface area contributed by atoms with Gasteiger partial charge in [0, 0.05) is 18.8 Å². The normalized spacial score (nSPS) is 11.1. The highest BCUT2D eigenvalue weighted by atomic mass is 35.5. The number of aromatic nitrogens is 1. The molecule has 126 valence electrons. The summed E-state index contributed by atoms with van der Waals surface area (Å²) < 4.78 is 1.28. The summed E-state index contributed by atoms with van der Waals surface area (Å²) in [7, 11) is 0. The molecule has 1 amide bonds. The van der Waals surface area contributed by atoms with Crippen LogP contribution in [0.15, 0.2) is 47.4 Å². The first kappa shape index (κ1) is 17.7. The van der Waals surface area contributed by atoms with Crippen molar-refractivity contribution in [1.82, 2.24) is 9.88 Å². The van der Waals surface area contributed by atoms with Crippen LogP contribution in [0.2, 0.25) is 5.02 Å². The number of nitrogens with one attached hydrogen (secondary N) is 1. The van der Waals surface area contributed by atoms with Crippen molar-refractivity contribution in [1.29, 1.82) is 0 Å². The third kappa shape index (κ3) is 3.83. The number of nitrogens with zero attached hydrogens (tertiary/aromatic N) is 1. The monoisotopic (exact) mass is 348 g/mol. The Morgan fingerprint density at radius 2 is 1.79 bits per heavy atom. The summed E-state index contributed by atoms with van der Waals surface area (Å²) in [5, 5.41) is 12.0. The molecule has 0 unspecified atom stereocenters. The molecule has 0 aliphatic carbocycles. The average Bonchev–Trinajstić information content (AvgIpc) is 2.55. The van der Waals surface area contributed by atoms with Crippen molar-refractivity contribution in [3.63, 3.8) is 0 Å². The predicted octanol–water partition coefficient (Wildman–Crippen LogP) is 2.25. The predicted molar refractivity (Wildman–Crippen MR) is 90.3 cm³/mol. The molecule has 2 N–H and O–H groups in total. The fourth-order valence-corrected chi connectivity index (χ4v) is 2.33. The molecule has 0 aliphatic rings. The van der Waals surface area contributed by atoms with Gasteiger partial charge in [0.1, 0.15) is 5.54 Å². The van der Waals surface area contributed by atoms with Crippen molar-refractivity contribution in [3.05, 3.63) is 69.1 Å². The van der Waals surface area contributed by atoms with E-state index in [9.17, 15) is 14.4 Å². The zero-order valence-corrected chi connectivity index (χ0v) is 14.0. The van der Waals surface area contributed by atoms with Crippen LogP contribution in [-0.4, -0.2) is 21.6 Å². The first-order valence-electron chi connectivity index (χ1n) is 7.21. The van der Waals surface area contributed by atoms with Crippen molar-refractivity contribution < 1.29 is 14.7 Å². The molecule has 0 spiro atoms. The van der Waals surface area contributed by atoms with Crippen molar-refractivity contribution in [3.8, 4) is 0 Å². The standard InChI is InChI=1S/C17H17ClN2O4/c1-17(2,20-10-13(18)7-8-14(20)21)16(24)19-9-11-3-5-12(6-4-11)15(22)23/h3-8,10H,9H2,1-2H3,(H,19,24)(H,22,23). The molecule has 1 aromatic carbocycles. The minimum atomic E-state index is -1.12. The molecule has 1 heterocycles. The van der Waals surface area contributed by atoms with E-state index in [4.69, 9.17) is 16.7 Å². The van der Waals surface area contributed by atoms with Gasteiger partial charge in [-0.05, 0) is 37.6 Å². The lowest BCUT2D eigenvalue weighted by atomic mass is 10.0. The van der Waals surface area contributed by atoms with E-state index in [0.29, 0.717) is 5.02 Å². The maximum atomic E-state index is 12.5. The van der Waals surface area contributed by atoms with E-state index < -0.39 is 11.5 Å². The van der Waals surface area contributed by atoms with E-state index in [1.54, 1.807) is 26.0 Å². The number of carbonyl (C=O) groups excluding carboxylic acids is 1. The van der Waals surface area contributed by atoms with Gasteiger partial charge in [0.25, 0.3) is 5.56 Å². The van der Waals surface area contributed by atoms with Crippen LogP contribution in [0, 0.1) is 0 Å². The molecular formula is C17H17ClN2O4. The molecule has 0 bridgehead atoms. The Kier molecular flexibility index (Phi) is 5.09. The molecule has 0 aliphatic heterocycles. The average molecular weight is 349 g/mol. The first-order chi connectivity index (χ1) is 11.2. The summed E-state index contributed by atoms with van der Waals surface area (Å²) in [6.07, 6.45) is 1.42. The van der Waals surface area contributed by atoms with Crippen LogP contribution in [-0.2, 0) is 16.9 Å². The molecule has 2 aromatic rings. The largest absolute Gasteiger partial charge is 0.478 e. The molecule has 7 heteroatoms. The fraction of sp³-hybridized carbons (Fsp3) is 0.235. The van der Waals surface area contributed by atoms with Crippen molar-refractivity contribution in [2.45, 2.75) is 25.9 Å². The number of aromatic carboxylic acids is 1. The highest BCUT2D eigenvalue weighted by Crippen LogP contribution is 2.16. The van der Waals surface area contributed by atoms with Gasteiger partial charge in [-0.15, -0.1) is 0 Å². The Hall–Kier alpha value is -2.60. The molecule has 2 rings (SSSR count). The molecule has 6 nitrogen and oxygen atoms in total. The molecule has 1 aromatic heterocycles. The number of carboxylic acid groups (broad SMARTS) is 1. The Bertz CT molecular complexity index is 825. The van der Waals surface area contributed by atoms with E-state index in [1.807, 2.05) is 0 Å². The molecule has 0 saturated carbocycles. The van der Waals surface area contributed by atoms with Crippen LogP contribution in [0.1, 0.15) is 29.8 Å². The van der Waals surface area contributed by atoms with Gasteiger partial charge in [0.15, 0.2) is 0 Å². The van der Waals surface area contributed by atoms with Gasteiger partial charge in [-0.1, -0.05) is 23.7 Å². The number of hydrogen-bond donors (Lipinski definition) is 2. The summed E-state index contributed by atoms with van der Waals surface area (Å²) in [6.45, 7) is 3.46. The summed E-state index contributed by atoms with van der Waals surface area (Å²) in [5.41, 5.74) is -0.521. The zero-order valence-electron chi connectivity index (χ0n) is 13.2. The van der Waals surface area contributed by atoms with Gasteiger partial charge in [-0.2, -0.15) is 0 Å². The Balaban J connectivity index is 2.12. The second-order valence-electron chi connectivity index (χ2n) is 5.80. The maximum Gasteiger partial charge on any atom is 0.335 e. The minimum absolute atomic E-state index is 0.177. The van der Waals surface area contributed by atoms with Crippen LogP contribution < -0.4 is 10.9 Å². The number of amides is 1. The third-order valence-corrected chi connectivity index (χ3v) is 3.91. The molecule has 0 radical (unpaired) electrons. The molecule has 0 fully saturated rings. The van der Waals surface area contributed by atoms with Crippen LogP contribution in [0.25, 0.3) is 0 Å². The lowest BCUT2D eigenvalue weighted by molar-refractivity contribution is -0.128. The van der Waals surface area contributed by atoms with E-state index in [1.165, 1.54) is 35.0 Å². The molecule has 0 atom stereocenters. The van der Waals surface area contributed by atoms with Gasteiger partial charge in [-0.25, -0.2) is 4.79 Å². The van der Waals surface area contributed by atoms with E-state index in [2.05, 4.69) is 5.32 Å². The second-order valence-corrected chi connectivity index (χ2v) is 6.24. The third-order valence-electron chi connectivity index (χ3n) is 3.69. The second kappa shape index (κ2) is 6.88. The smallest absolute Gasteiger partial charge is 0.335 e. The Morgan fingerprint density at radius 1 is 1.17 bits per heavy atom. The number of hydrogen-bond acceptors (Lipinski definition) is 3. The van der Waals surface area contributed by atoms with Crippen molar-refractivity contribution >= 4 is 23.5 Å². The zero-order chi connectivity index (χ0) is 17.9. The van der Waals surface area contributed by atoms with E-state index in [0.717, 1.165) is 5.56 Å². The summed E-state index contributed by atoms with van der Waals surface area (Å²) in [4.78, 5) is 35.2. The fourth-order valence-electron chi connectivity index (χ4n) is 2.17. The van der Waals surface area contributed by atoms with Crippen LogP contribution in [0.4, 0.5) is 0 Å². The quantitative estimate of drug-likeness (QED) is 0.867. The van der Waals surface area contributed by atoms with E-state index in [-0.39, 0.29) is 23.6 Å². The van der Waals surface area contributed by atoms with Gasteiger partial charge in [0.05, 0.1) is 10.6 Å². The molecular weight excluding hydrogens is 332 g/mol. The van der Waals surface area contributed by atoms with Gasteiger partial charge < -0.3 is 10.4 Å². The van der Waals surface area contributed by atoms with Gasteiger partial charge in [0.2, 0.25) is 5.91 Å². The Morgan fingerprint density at radius 3 is 2.38 bits per heavy atom. The van der Waals surface area contributed by atoms with Gasteiger partial charge in [-0.3, -0.25) is 14.2 Å². The first-order valence-corrected chi connectivity index (χ1v) is 7.59. The number of halogens is 1. The summed E-state index contributed by atoms with van der Waals surface area (Å²) in [6, 6.07) is 8.97. The minimum Gasteiger partial charge on any atom is -0.478 e. The molecule has 24 heavy (non-hydrogen) atoms. The number of rotatable bonds is 5. The van der Waals surface area contributed by atoms with Crippen LogP contribution in [0.3, 0.4) is 0 Å². The maximum absolute atomic E-state index is 12.5. The lowest BCUT2D eigenvalue weighted by Crippen LogP contribution is -2.48. The van der Waals surface area contributed by atoms with Crippen LogP contribution >= 0.6 is 11.6 Å². The Labute approximate surface area is 143 Å². The lowest BCUT2D eigenvalue weighted by Gasteiger charge is -2.26. The van der Waals surface area contributed by atoms with Crippen molar-refractivity contribution in [2.75, 3.05) is 0 Å². The summed E-state index contributed by atoms with van der Waals surface area (Å²) >= 11 is 5.90. The van der Waals surface area contributed by atoms with Crippen LogP contribution in [0.5, 0.6) is 0 Å². The topological polar surface area (TPSA) is 88.4 Å². The highest BCUT2D eigenvalue weighted by Gasteiger charge is 2.30. The molecule has 0 saturated heterocycles.